The second kappa shape index (κ2) is 12.2. The lowest BCUT2D eigenvalue weighted by Gasteiger charge is -2.58. The van der Waals surface area contributed by atoms with Crippen molar-refractivity contribution in [1.82, 2.24) is 29.8 Å². The quantitative estimate of drug-likeness (QED) is 0.341. The number of fused-ring (bicyclic) bond motifs is 1. The Balaban J connectivity index is 1.27. The fraction of sp³-hybridized carbons (Fsp3) is 0.618. The van der Waals surface area contributed by atoms with E-state index in [1.165, 1.54) is 6.08 Å². The summed E-state index contributed by atoms with van der Waals surface area (Å²) < 4.78 is 19.6. The molecule has 46 heavy (non-hydrogen) atoms. The Hall–Kier alpha value is -2.96. The Bertz CT molecular complexity index is 1620. The zero-order valence-corrected chi connectivity index (χ0v) is 28.2. The van der Waals surface area contributed by atoms with E-state index in [2.05, 4.69) is 51.2 Å². The van der Waals surface area contributed by atoms with Crippen LogP contribution in [0.4, 0.5) is 5.82 Å². The second-order valence-electron chi connectivity index (χ2n) is 14.1. The number of likely N-dealkylation sites (tertiary alicyclic amines) is 1. The van der Waals surface area contributed by atoms with Gasteiger partial charge in [0.05, 0.1) is 54.2 Å². The molecule has 248 valence electrons. The van der Waals surface area contributed by atoms with Gasteiger partial charge in [0, 0.05) is 80.6 Å². The molecule has 1 N–H and O–H groups in total. The first-order chi connectivity index (χ1) is 22.1. The number of rotatable bonds is 9. The summed E-state index contributed by atoms with van der Waals surface area (Å²) in [7, 11) is 1.77. The van der Waals surface area contributed by atoms with Crippen LogP contribution in [0.1, 0.15) is 43.5 Å². The molecule has 3 saturated heterocycles. The number of ether oxygens (including phenoxy) is 3. The lowest BCUT2D eigenvalue weighted by molar-refractivity contribution is -0.149. The largest absolute Gasteiger partial charge is 0.385 e. The van der Waals surface area contributed by atoms with Crippen molar-refractivity contribution >= 4 is 34.2 Å². The maximum atomic E-state index is 12.2. The van der Waals surface area contributed by atoms with Gasteiger partial charge in [-0.2, -0.15) is 10.2 Å². The van der Waals surface area contributed by atoms with Crippen LogP contribution >= 0.6 is 11.6 Å². The second-order valence-corrected chi connectivity index (χ2v) is 14.5. The lowest BCUT2D eigenvalue weighted by atomic mass is 9.60. The number of piperazine rings is 1. The Kier molecular flexibility index (Phi) is 8.42. The Morgan fingerprint density at radius 1 is 1.22 bits per heavy atom. The molecule has 4 aliphatic rings. The first kappa shape index (κ1) is 31.6. The summed E-state index contributed by atoms with van der Waals surface area (Å²) in [5.74, 6) is 0.977. The minimum absolute atomic E-state index is 0.0178. The Labute approximate surface area is 275 Å². The number of aryl methyl sites for hydroxylation is 1. The summed E-state index contributed by atoms with van der Waals surface area (Å²) in [6.45, 7) is 17.8. The fourth-order valence-electron chi connectivity index (χ4n) is 8.35. The van der Waals surface area contributed by atoms with Crippen molar-refractivity contribution in [3.8, 4) is 11.1 Å². The zero-order chi connectivity index (χ0) is 32.2. The van der Waals surface area contributed by atoms with Crippen molar-refractivity contribution in [2.24, 2.45) is 5.41 Å². The molecule has 12 heteroatoms. The van der Waals surface area contributed by atoms with E-state index in [1.54, 1.807) is 7.11 Å². The number of anilines is 1. The van der Waals surface area contributed by atoms with Gasteiger partial charge in [-0.1, -0.05) is 18.2 Å². The van der Waals surface area contributed by atoms with E-state index in [-0.39, 0.29) is 29.0 Å². The number of nitrogens with one attached hydrogen (secondary N) is 1. The molecule has 0 unspecified atom stereocenters. The summed E-state index contributed by atoms with van der Waals surface area (Å²) in [5.41, 5.74) is 5.03. The summed E-state index contributed by atoms with van der Waals surface area (Å²) >= 11 is 7.21. The zero-order valence-electron chi connectivity index (χ0n) is 27.5. The maximum absolute atomic E-state index is 12.2. The molecular formula is C34H46ClN7O4. The average molecular weight is 652 g/mol. The van der Waals surface area contributed by atoms with Crippen molar-refractivity contribution in [3.63, 3.8) is 0 Å². The van der Waals surface area contributed by atoms with Gasteiger partial charge >= 0.3 is 0 Å². The molecule has 7 rings (SSSR count). The summed E-state index contributed by atoms with van der Waals surface area (Å²) in [4.78, 5) is 19.1. The van der Waals surface area contributed by atoms with Gasteiger partial charge in [-0.15, -0.1) is 0 Å². The van der Waals surface area contributed by atoms with E-state index in [4.69, 9.17) is 30.9 Å². The van der Waals surface area contributed by atoms with Gasteiger partial charge in [0.15, 0.2) is 5.82 Å². The highest BCUT2D eigenvalue weighted by Gasteiger charge is 2.55. The minimum Gasteiger partial charge on any atom is -0.385 e. The van der Waals surface area contributed by atoms with Gasteiger partial charge in [-0.05, 0) is 57.7 Å². The van der Waals surface area contributed by atoms with Gasteiger partial charge in [-0.3, -0.25) is 19.5 Å². The third-order valence-corrected chi connectivity index (χ3v) is 11.3. The molecule has 1 spiro atoms. The Morgan fingerprint density at radius 3 is 2.74 bits per heavy atom. The van der Waals surface area contributed by atoms with Crippen LogP contribution in [0, 0.1) is 19.3 Å². The number of hydrogen-bond acceptors (Lipinski definition) is 8. The van der Waals surface area contributed by atoms with Gasteiger partial charge in [0.25, 0.3) is 0 Å². The number of nitrogens with zero attached hydrogens (tertiary/aromatic N) is 6. The monoisotopic (exact) mass is 651 g/mol. The van der Waals surface area contributed by atoms with Gasteiger partial charge < -0.3 is 24.0 Å². The van der Waals surface area contributed by atoms with Crippen molar-refractivity contribution in [1.29, 1.82) is 0 Å². The molecule has 1 saturated carbocycles. The third-order valence-electron chi connectivity index (χ3n) is 10.8. The smallest absolute Gasteiger partial charge is 0.245 e. The van der Waals surface area contributed by atoms with Crippen LogP contribution in [0.3, 0.4) is 0 Å². The van der Waals surface area contributed by atoms with E-state index in [9.17, 15) is 4.79 Å². The fourth-order valence-corrected chi connectivity index (χ4v) is 8.60. The van der Waals surface area contributed by atoms with E-state index in [0.717, 1.165) is 103 Å². The van der Waals surface area contributed by atoms with Gasteiger partial charge in [0.1, 0.15) is 0 Å². The molecule has 0 radical (unpaired) electrons. The number of carbonyl (C=O) groups excluding carboxylic acids is 1. The topological polar surface area (TPSA) is 101 Å². The summed E-state index contributed by atoms with van der Waals surface area (Å²) in [6.07, 6.45) is 6.21. The molecule has 3 aliphatic heterocycles. The number of methoxy groups -OCH3 is 1. The molecule has 1 aliphatic carbocycles. The predicted octanol–water partition coefficient (Wildman–Crippen LogP) is 4.38. The normalized spacial score (nSPS) is 25.2. The maximum Gasteiger partial charge on any atom is 0.245 e. The van der Waals surface area contributed by atoms with Crippen molar-refractivity contribution in [2.45, 2.75) is 57.7 Å². The van der Waals surface area contributed by atoms with E-state index >= 15 is 0 Å². The highest BCUT2D eigenvalue weighted by molar-refractivity contribution is 6.36. The molecule has 1 amide bonds. The average Bonchev–Trinajstić information content (AvgIpc) is 3.60. The number of hydrogen-bond donors (Lipinski definition) is 1. The molecule has 5 heterocycles. The van der Waals surface area contributed by atoms with Gasteiger partial charge in [0.2, 0.25) is 5.91 Å². The van der Waals surface area contributed by atoms with E-state index in [1.807, 2.05) is 18.0 Å². The molecule has 11 nitrogen and oxygen atoms in total. The molecule has 2 aromatic heterocycles. The highest BCUT2D eigenvalue weighted by atomic mass is 35.5. The number of benzene rings is 1. The van der Waals surface area contributed by atoms with Gasteiger partial charge in [-0.25, -0.2) is 0 Å². The molecule has 2 atom stereocenters. The van der Waals surface area contributed by atoms with Crippen LogP contribution in [0.5, 0.6) is 0 Å². The number of H-pyrrole nitrogens is 1. The van der Waals surface area contributed by atoms with E-state index in [0.29, 0.717) is 26.4 Å². The number of amides is 1. The lowest BCUT2D eigenvalue weighted by Crippen LogP contribution is -2.63. The first-order valence-corrected chi connectivity index (χ1v) is 16.8. The van der Waals surface area contributed by atoms with Crippen LogP contribution in [-0.2, 0) is 19.0 Å². The SMILES string of the molecule is C=CC(=O)N1CC2(CC(n3nc(N4CCN(C[C@@H]5COCCO5)C[C@]4(C)CCOC)c(-c4c(Cl)c(C)cc5[nH]ncc45)c3C)C2)C1. The number of aromatic amines is 1. The first-order valence-electron chi connectivity index (χ1n) is 16.5. The number of carbonyl (C=O) groups is 1. The predicted molar refractivity (Wildman–Crippen MR) is 179 cm³/mol. The third kappa shape index (κ3) is 5.43. The van der Waals surface area contributed by atoms with Crippen LogP contribution < -0.4 is 4.90 Å². The summed E-state index contributed by atoms with van der Waals surface area (Å²) in [6, 6.07) is 2.32. The van der Waals surface area contributed by atoms with Crippen LogP contribution in [0.25, 0.3) is 22.0 Å². The molecule has 3 aromatic rings. The number of aromatic nitrogens is 4. The van der Waals surface area contributed by atoms with Crippen LogP contribution in [0.15, 0.2) is 24.9 Å². The van der Waals surface area contributed by atoms with Crippen LogP contribution in [0.2, 0.25) is 5.02 Å². The minimum atomic E-state index is -0.254. The molecule has 0 bridgehead atoms. The van der Waals surface area contributed by atoms with Crippen molar-refractivity contribution < 1.29 is 19.0 Å². The highest BCUT2D eigenvalue weighted by Crippen LogP contribution is 2.56. The van der Waals surface area contributed by atoms with E-state index < -0.39 is 0 Å². The molecule has 1 aromatic carbocycles. The van der Waals surface area contributed by atoms with Crippen molar-refractivity contribution in [3.05, 3.63) is 41.2 Å². The van der Waals surface area contributed by atoms with Crippen LogP contribution in [-0.4, -0.2) is 120 Å². The molecule has 4 fully saturated rings. The van der Waals surface area contributed by atoms with Crippen molar-refractivity contribution in [2.75, 3.05) is 77.7 Å². The standard InChI is InChI=1S/C34H46ClN7O4/c1-6-28(43)40-20-34(21-40)14-24(15-34)42-23(3)29(30-26-16-36-37-27(26)13-22(2)31(30)35)32(38-42)41-9-8-39(17-25-18-45-11-12-46-25)19-33(41,4)7-10-44-5/h6,13,16,24-25H,1,7-12,14-15,17-21H2,2-5H3,(H,36,37)/t25-,33+/m1/s1. The summed E-state index contributed by atoms with van der Waals surface area (Å²) in [5, 5.41) is 14.8. The number of halogens is 1. The Morgan fingerprint density at radius 2 is 2.02 bits per heavy atom. The molecular weight excluding hydrogens is 606 g/mol.